The molecule has 6 aromatic rings. The highest BCUT2D eigenvalue weighted by atomic mass is 28.4. The van der Waals surface area contributed by atoms with Gasteiger partial charge in [-0.25, -0.2) is 0 Å². The monoisotopic (exact) mass is 716 g/mol. The molecule has 0 aliphatic heterocycles. The molecule has 53 heavy (non-hydrogen) atoms. The van der Waals surface area contributed by atoms with E-state index >= 15 is 0 Å². The number of phenolic OH excluding ortho intramolecular Hbond substituents is 2. The van der Waals surface area contributed by atoms with Crippen LogP contribution in [0.3, 0.4) is 0 Å². The average Bonchev–Trinajstić information content (AvgIpc) is 3.23. The van der Waals surface area contributed by atoms with Gasteiger partial charge in [0.1, 0.15) is 23.0 Å². The minimum atomic E-state index is -3.16. The molecule has 2 N–H and O–H groups in total. The Morgan fingerprint density at radius 2 is 0.698 bits per heavy atom. The van der Waals surface area contributed by atoms with Crippen LogP contribution in [0.2, 0.25) is 11.1 Å². The summed E-state index contributed by atoms with van der Waals surface area (Å²) >= 11 is 0. The first-order chi connectivity index (χ1) is 26.1. The highest BCUT2D eigenvalue weighted by molar-refractivity contribution is 6.72. The fourth-order valence-corrected chi connectivity index (χ4v) is 13.7. The molecule has 2 aliphatic carbocycles. The molecule has 0 heterocycles. The summed E-state index contributed by atoms with van der Waals surface area (Å²) in [7, 11) is -3.16. The fraction of sp³-hybridized carbons (Fsp3) is 0.250. The Morgan fingerprint density at radius 3 is 1.11 bits per heavy atom. The van der Waals surface area contributed by atoms with Gasteiger partial charge in [0, 0.05) is 44.5 Å². The number of hydrogen-bond acceptors (Lipinski definition) is 4. The van der Waals surface area contributed by atoms with E-state index in [9.17, 15) is 10.2 Å². The highest BCUT2D eigenvalue weighted by Crippen LogP contribution is 2.53. The Labute approximate surface area is 315 Å². The summed E-state index contributed by atoms with van der Waals surface area (Å²) < 4.78 is 15.5. The van der Waals surface area contributed by atoms with E-state index in [1.54, 1.807) is 0 Å². The molecule has 0 saturated heterocycles. The molecule has 0 aromatic heterocycles. The average molecular weight is 717 g/mol. The van der Waals surface area contributed by atoms with Crippen molar-refractivity contribution in [1.82, 2.24) is 0 Å². The third-order valence-corrected chi connectivity index (χ3v) is 16.0. The maximum atomic E-state index is 11.8. The second-order valence-electron chi connectivity index (χ2n) is 14.7. The van der Waals surface area contributed by atoms with E-state index in [0.717, 1.165) is 81.7 Å². The van der Waals surface area contributed by atoms with Gasteiger partial charge in [0.05, 0.1) is 0 Å². The van der Waals surface area contributed by atoms with E-state index in [1.807, 2.05) is 121 Å². The standard InChI is InChI=1S/C48H48O4Si/c49-47-39(35-19-5-1-6-20-35)29-17-31-43(47)41-27-13-15-33-45(41)51-53(37-23-9-3-10-24-37,38-25-11-4-12-26-38)52-46-34-16-14-28-42(46)44-32-18-30-40(48(44)50)36-21-7-2-8-22-36/h1-2,5-8,13-22,27-34,37-38,49-50H,3-4,9-12,23-26H2. The van der Waals surface area contributed by atoms with Crippen LogP contribution < -0.4 is 8.85 Å². The largest absolute Gasteiger partial charge is 0.511 e. The summed E-state index contributed by atoms with van der Waals surface area (Å²) in [5, 5.41) is 23.7. The third-order valence-electron chi connectivity index (χ3n) is 11.5. The molecule has 5 heteroatoms. The Hall–Kier alpha value is -5.26. The predicted octanol–water partition coefficient (Wildman–Crippen LogP) is 13.3. The van der Waals surface area contributed by atoms with Crippen LogP contribution in [0.5, 0.6) is 23.0 Å². The molecule has 0 bridgehead atoms. The van der Waals surface area contributed by atoms with Crippen molar-refractivity contribution in [3.05, 3.63) is 146 Å². The van der Waals surface area contributed by atoms with E-state index in [1.165, 1.54) is 38.5 Å². The summed E-state index contributed by atoms with van der Waals surface area (Å²) in [5.74, 6) is 2.03. The molecule has 2 saturated carbocycles. The van der Waals surface area contributed by atoms with E-state index < -0.39 is 8.56 Å². The topological polar surface area (TPSA) is 58.9 Å². The second kappa shape index (κ2) is 15.8. The van der Waals surface area contributed by atoms with Crippen molar-refractivity contribution >= 4 is 8.56 Å². The zero-order valence-corrected chi connectivity index (χ0v) is 31.3. The molecule has 0 spiro atoms. The van der Waals surface area contributed by atoms with Crippen LogP contribution in [0.1, 0.15) is 64.2 Å². The third kappa shape index (κ3) is 7.11. The van der Waals surface area contributed by atoms with Gasteiger partial charge < -0.3 is 19.1 Å². The maximum absolute atomic E-state index is 11.8. The van der Waals surface area contributed by atoms with Gasteiger partial charge in [-0.1, -0.05) is 172 Å². The second-order valence-corrected chi connectivity index (χ2v) is 18.2. The number of aromatic hydroxyl groups is 2. The molecule has 0 atom stereocenters. The van der Waals surface area contributed by atoms with Crippen LogP contribution in [0.15, 0.2) is 146 Å². The Balaban J connectivity index is 1.26. The predicted molar refractivity (Wildman–Crippen MR) is 219 cm³/mol. The first-order valence-electron chi connectivity index (χ1n) is 19.4. The van der Waals surface area contributed by atoms with Crippen molar-refractivity contribution in [2.45, 2.75) is 75.3 Å². The lowest BCUT2D eigenvalue weighted by Gasteiger charge is -2.45. The summed E-state index contributed by atoms with van der Waals surface area (Å²) in [6, 6.07) is 48.5. The van der Waals surface area contributed by atoms with Crippen LogP contribution in [-0.4, -0.2) is 18.8 Å². The SMILES string of the molecule is Oc1c(-c2ccccc2)cccc1-c1ccccc1O[Si](Oc1ccccc1-c1cccc(-c2ccccc2)c1O)(C1CCCCC1)C1CCCCC1. The summed E-state index contributed by atoms with van der Waals surface area (Å²) in [6.45, 7) is 0. The molecule has 0 radical (unpaired) electrons. The number of hydrogen-bond donors (Lipinski definition) is 2. The quantitative estimate of drug-likeness (QED) is 0.139. The maximum Gasteiger partial charge on any atom is 0.466 e. The van der Waals surface area contributed by atoms with Crippen LogP contribution in [0, 0.1) is 0 Å². The first kappa shape index (κ1) is 34.8. The van der Waals surface area contributed by atoms with Gasteiger partial charge in [0.15, 0.2) is 0 Å². The van der Waals surface area contributed by atoms with Crippen LogP contribution in [0.4, 0.5) is 0 Å². The number of phenols is 2. The number of rotatable bonds is 10. The van der Waals surface area contributed by atoms with E-state index in [-0.39, 0.29) is 11.5 Å². The van der Waals surface area contributed by atoms with E-state index in [2.05, 4.69) is 24.3 Å². The molecular formula is C48H48O4Si. The molecule has 8 rings (SSSR count). The van der Waals surface area contributed by atoms with Crippen molar-refractivity contribution in [1.29, 1.82) is 0 Å². The van der Waals surface area contributed by atoms with Crippen LogP contribution in [-0.2, 0) is 0 Å². The molecule has 6 aromatic carbocycles. The molecule has 0 unspecified atom stereocenters. The van der Waals surface area contributed by atoms with Crippen molar-refractivity contribution in [3.63, 3.8) is 0 Å². The zero-order chi connectivity index (χ0) is 36.0. The highest BCUT2D eigenvalue weighted by Gasteiger charge is 2.57. The Kier molecular flexibility index (Phi) is 10.4. The molecule has 268 valence electrons. The van der Waals surface area contributed by atoms with Gasteiger partial charge in [-0.15, -0.1) is 0 Å². The van der Waals surface area contributed by atoms with Gasteiger partial charge in [-0.2, -0.15) is 0 Å². The van der Waals surface area contributed by atoms with E-state index in [4.69, 9.17) is 8.85 Å². The number of benzene rings is 6. The Bertz CT molecular complexity index is 1980. The van der Waals surface area contributed by atoms with Gasteiger partial charge >= 0.3 is 8.56 Å². The molecule has 4 nitrogen and oxygen atoms in total. The molecule has 2 aliphatic rings. The van der Waals surface area contributed by atoms with Crippen LogP contribution >= 0.6 is 0 Å². The molecule has 2 fully saturated rings. The van der Waals surface area contributed by atoms with Crippen molar-refractivity contribution in [2.75, 3.05) is 0 Å². The minimum Gasteiger partial charge on any atom is -0.511 e. The lowest BCUT2D eigenvalue weighted by molar-refractivity contribution is 0.291. The van der Waals surface area contributed by atoms with Crippen LogP contribution in [0.25, 0.3) is 44.5 Å². The molecule has 0 amide bonds. The summed E-state index contributed by atoms with van der Waals surface area (Å²) in [4.78, 5) is 0. The first-order valence-corrected chi connectivity index (χ1v) is 21.4. The normalized spacial score (nSPS) is 15.5. The van der Waals surface area contributed by atoms with E-state index in [0.29, 0.717) is 11.1 Å². The van der Waals surface area contributed by atoms with Gasteiger partial charge in [0.25, 0.3) is 0 Å². The van der Waals surface area contributed by atoms with Gasteiger partial charge in [0.2, 0.25) is 0 Å². The lowest BCUT2D eigenvalue weighted by atomic mass is 9.97. The van der Waals surface area contributed by atoms with Gasteiger partial charge in [-0.05, 0) is 48.9 Å². The minimum absolute atomic E-state index is 0.248. The number of para-hydroxylation sites is 4. The smallest absolute Gasteiger partial charge is 0.466 e. The molecular weight excluding hydrogens is 669 g/mol. The zero-order valence-electron chi connectivity index (χ0n) is 30.3. The Morgan fingerprint density at radius 1 is 0.358 bits per heavy atom. The summed E-state index contributed by atoms with van der Waals surface area (Å²) in [6.07, 6.45) is 11.5. The van der Waals surface area contributed by atoms with Gasteiger partial charge in [-0.3, -0.25) is 0 Å². The fourth-order valence-electron chi connectivity index (χ4n) is 8.82. The lowest BCUT2D eigenvalue weighted by Crippen LogP contribution is -2.57. The van der Waals surface area contributed by atoms with Crippen molar-refractivity contribution < 1.29 is 19.1 Å². The summed E-state index contributed by atoms with van der Waals surface area (Å²) in [5.41, 5.74) is 7.37. The van der Waals surface area contributed by atoms with Crippen molar-refractivity contribution in [3.8, 4) is 67.5 Å². The van der Waals surface area contributed by atoms with Crippen molar-refractivity contribution in [2.24, 2.45) is 0 Å².